The van der Waals surface area contributed by atoms with Crippen LogP contribution in [0, 0.1) is 59.3 Å². The summed E-state index contributed by atoms with van der Waals surface area (Å²) >= 11 is 0. The van der Waals surface area contributed by atoms with Crippen LogP contribution in [0.1, 0.15) is 108 Å². The van der Waals surface area contributed by atoms with Gasteiger partial charge in [-0.3, -0.25) is 0 Å². The number of nitrogens with zero attached hydrogens (tertiary/aromatic N) is 3. The fraction of sp³-hybridized carbons (Fsp3) is 0.500. The molecular formula is C42H57N3O6. The van der Waals surface area contributed by atoms with Crippen LogP contribution in [0.4, 0.5) is 0 Å². The van der Waals surface area contributed by atoms with Gasteiger partial charge in [0, 0.05) is 0 Å². The molecule has 0 spiro atoms. The van der Waals surface area contributed by atoms with Crippen molar-refractivity contribution in [1.82, 2.24) is 13.7 Å². The van der Waals surface area contributed by atoms with E-state index < -0.39 is 17.1 Å². The number of aromatic hydroxyl groups is 3. The molecule has 0 saturated heterocycles. The summed E-state index contributed by atoms with van der Waals surface area (Å²) in [5.74, 6) is 1.36. The van der Waals surface area contributed by atoms with Gasteiger partial charge < -0.3 is 15.3 Å². The van der Waals surface area contributed by atoms with Gasteiger partial charge in [0.25, 0.3) is 0 Å². The van der Waals surface area contributed by atoms with Crippen LogP contribution >= 0.6 is 0 Å². The maximum atomic E-state index is 14.3. The molecule has 0 fully saturated rings. The van der Waals surface area contributed by atoms with Crippen molar-refractivity contribution in [3.63, 3.8) is 0 Å². The molecule has 1 heterocycles. The summed E-state index contributed by atoms with van der Waals surface area (Å²) in [4.78, 5) is 43.0. The number of benzene rings is 3. The first-order valence-electron chi connectivity index (χ1n) is 18.1. The molecule has 0 unspecified atom stereocenters. The fourth-order valence-corrected chi connectivity index (χ4v) is 7.37. The van der Waals surface area contributed by atoms with Crippen LogP contribution in [0.5, 0.6) is 17.2 Å². The largest absolute Gasteiger partial charge is 0.507 e. The molecule has 0 aliphatic carbocycles. The topological polar surface area (TPSA) is 127 Å². The first-order valence-corrected chi connectivity index (χ1v) is 18.1. The predicted octanol–water partition coefficient (Wildman–Crippen LogP) is 6.88. The number of phenols is 3. The van der Waals surface area contributed by atoms with Gasteiger partial charge in [-0.1, -0.05) is 59.7 Å². The van der Waals surface area contributed by atoms with Crippen molar-refractivity contribution in [2.24, 2.45) is 17.8 Å². The molecule has 0 atom stereocenters. The molecule has 3 N–H and O–H groups in total. The van der Waals surface area contributed by atoms with E-state index in [1.807, 2.05) is 39.0 Å². The summed E-state index contributed by atoms with van der Waals surface area (Å²) in [6, 6.07) is 5.71. The van der Waals surface area contributed by atoms with Gasteiger partial charge in [0.2, 0.25) is 0 Å². The number of rotatable bonds is 12. The average molecular weight is 700 g/mol. The van der Waals surface area contributed by atoms with Crippen LogP contribution in [0.3, 0.4) is 0 Å². The molecule has 51 heavy (non-hydrogen) atoms. The second-order valence-electron chi connectivity index (χ2n) is 15.8. The molecule has 4 rings (SSSR count). The molecule has 0 aliphatic heterocycles. The summed E-state index contributed by atoms with van der Waals surface area (Å²) < 4.78 is 3.19. The number of aryl methyl sites for hydroxylation is 3. The van der Waals surface area contributed by atoms with E-state index in [1.165, 1.54) is 0 Å². The highest BCUT2D eigenvalue weighted by Gasteiger charge is 2.24. The number of phenolic OH excluding ortho intramolecular Hbond substituents is 3. The smallest absolute Gasteiger partial charge is 0.336 e. The molecule has 9 nitrogen and oxygen atoms in total. The van der Waals surface area contributed by atoms with Crippen LogP contribution in [-0.2, 0) is 38.9 Å². The average Bonchev–Trinajstić information content (AvgIpc) is 3.03. The van der Waals surface area contributed by atoms with E-state index in [0.717, 1.165) is 47.1 Å². The normalized spacial score (nSPS) is 11.8. The zero-order valence-corrected chi connectivity index (χ0v) is 32.6. The standard InChI is InChI=1S/C42H57N3O6/c1-22(2)13-31-16-25(7)34(28(10)37(31)46)19-43-40(49)44(20-35-26(8)17-32(14-23(3)4)38(47)29(35)11)42(51)45(41(43)50)21-36-27(9)18-33(15-24(5)6)39(48)30(36)12/h16-18,22-24,46-48H,13-15,19-21H2,1-12H3. The molecular weight excluding hydrogens is 642 g/mol. The maximum absolute atomic E-state index is 14.3. The van der Waals surface area contributed by atoms with Crippen molar-refractivity contribution in [2.45, 2.75) is 122 Å². The van der Waals surface area contributed by atoms with Crippen molar-refractivity contribution >= 4 is 0 Å². The van der Waals surface area contributed by atoms with Gasteiger partial charge in [-0.25, -0.2) is 28.1 Å². The van der Waals surface area contributed by atoms with Crippen LogP contribution in [0.25, 0.3) is 0 Å². The highest BCUT2D eigenvalue weighted by molar-refractivity contribution is 5.51. The predicted molar refractivity (Wildman–Crippen MR) is 205 cm³/mol. The van der Waals surface area contributed by atoms with Crippen LogP contribution in [0.2, 0.25) is 0 Å². The van der Waals surface area contributed by atoms with E-state index in [-0.39, 0.29) is 36.9 Å². The quantitative estimate of drug-likeness (QED) is 0.148. The lowest BCUT2D eigenvalue weighted by atomic mass is 9.93. The molecule has 276 valence electrons. The number of aromatic nitrogens is 3. The van der Waals surface area contributed by atoms with Gasteiger partial charge in [-0.05, 0) is 145 Å². The second kappa shape index (κ2) is 15.4. The summed E-state index contributed by atoms with van der Waals surface area (Å²) in [5.41, 5.74) is 6.17. The first kappa shape index (κ1) is 39.3. The minimum Gasteiger partial charge on any atom is -0.507 e. The zero-order valence-electron chi connectivity index (χ0n) is 32.6. The molecule has 0 amide bonds. The third kappa shape index (κ3) is 8.03. The number of hydrogen-bond acceptors (Lipinski definition) is 6. The molecule has 3 aromatic carbocycles. The van der Waals surface area contributed by atoms with Gasteiger partial charge in [-0.2, -0.15) is 0 Å². The van der Waals surface area contributed by atoms with Gasteiger partial charge in [-0.15, -0.1) is 0 Å². The molecule has 0 bridgehead atoms. The van der Waals surface area contributed by atoms with E-state index in [9.17, 15) is 29.7 Å². The number of hydrogen-bond donors (Lipinski definition) is 3. The van der Waals surface area contributed by atoms with E-state index in [4.69, 9.17) is 0 Å². The fourth-order valence-electron chi connectivity index (χ4n) is 7.37. The highest BCUT2D eigenvalue weighted by atomic mass is 16.3. The van der Waals surface area contributed by atoms with Crippen LogP contribution < -0.4 is 17.1 Å². The molecule has 0 saturated carbocycles. The monoisotopic (exact) mass is 699 g/mol. The minimum atomic E-state index is -0.779. The molecule has 0 aliphatic rings. The maximum Gasteiger partial charge on any atom is 0.336 e. The third-order valence-electron chi connectivity index (χ3n) is 10.2. The Bertz CT molecular complexity index is 1880. The Morgan fingerprint density at radius 1 is 0.451 bits per heavy atom. The second-order valence-corrected chi connectivity index (χ2v) is 15.8. The summed E-state index contributed by atoms with van der Waals surface area (Å²) in [7, 11) is 0. The van der Waals surface area contributed by atoms with E-state index in [2.05, 4.69) is 41.5 Å². The molecule has 1 aromatic heterocycles. The van der Waals surface area contributed by atoms with Gasteiger partial charge >= 0.3 is 17.1 Å². The van der Waals surface area contributed by atoms with Crippen molar-refractivity contribution < 1.29 is 15.3 Å². The minimum absolute atomic E-state index is 0.137. The lowest BCUT2D eigenvalue weighted by molar-refractivity contribution is 0.450. The van der Waals surface area contributed by atoms with Crippen LogP contribution in [-0.4, -0.2) is 29.0 Å². The Kier molecular flexibility index (Phi) is 11.8. The summed E-state index contributed by atoms with van der Waals surface area (Å²) in [6.45, 7) is 23.0. The molecule has 0 radical (unpaired) electrons. The highest BCUT2D eigenvalue weighted by Crippen LogP contribution is 2.33. The molecule has 9 heteroatoms. The summed E-state index contributed by atoms with van der Waals surface area (Å²) in [6.07, 6.45) is 2.03. The van der Waals surface area contributed by atoms with E-state index in [1.54, 1.807) is 20.8 Å². The van der Waals surface area contributed by atoms with E-state index >= 15 is 0 Å². The lowest BCUT2D eigenvalue weighted by Crippen LogP contribution is -2.55. The Morgan fingerprint density at radius 3 is 0.863 bits per heavy atom. The Balaban J connectivity index is 1.99. The zero-order chi connectivity index (χ0) is 38.2. The van der Waals surface area contributed by atoms with Crippen molar-refractivity contribution in [2.75, 3.05) is 0 Å². The Hall–Kier alpha value is -4.53. The van der Waals surface area contributed by atoms with E-state index in [0.29, 0.717) is 70.4 Å². The van der Waals surface area contributed by atoms with Crippen molar-refractivity contribution in [3.05, 3.63) is 116 Å². The van der Waals surface area contributed by atoms with Crippen LogP contribution in [0.15, 0.2) is 32.6 Å². The van der Waals surface area contributed by atoms with Gasteiger partial charge in [0.05, 0.1) is 19.6 Å². The Morgan fingerprint density at radius 2 is 0.667 bits per heavy atom. The lowest BCUT2D eigenvalue weighted by Gasteiger charge is -2.21. The first-order chi connectivity index (χ1) is 23.7. The SMILES string of the molecule is Cc1cc(CC(C)C)c(O)c(C)c1Cn1c(=O)n(Cc2c(C)cc(CC(C)C)c(O)c2C)c(=O)n(Cc2c(C)cc(CC(C)C)c(O)c2C)c1=O. The van der Waals surface area contributed by atoms with Crippen molar-refractivity contribution in [3.8, 4) is 17.2 Å². The molecule has 4 aromatic rings. The van der Waals surface area contributed by atoms with Gasteiger partial charge in [0.15, 0.2) is 0 Å². The third-order valence-corrected chi connectivity index (χ3v) is 10.2. The Labute approximate surface area is 301 Å². The van der Waals surface area contributed by atoms with Crippen molar-refractivity contribution in [1.29, 1.82) is 0 Å². The van der Waals surface area contributed by atoms with Gasteiger partial charge in [0.1, 0.15) is 17.2 Å². The summed E-state index contributed by atoms with van der Waals surface area (Å²) in [5, 5.41) is 33.5.